The number of rotatable bonds is 4. The van der Waals surface area contributed by atoms with Crippen molar-refractivity contribution in [3.63, 3.8) is 0 Å². The summed E-state index contributed by atoms with van der Waals surface area (Å²) in [6.07, 6.45) is 0.219. The van der Waals surface area contributed by atoms with Crippen molar-refractivity contribution in [2.24, 2.45) is 5.92 Å². The molecule has 0 N–H and O–H groups in total. The zero-order chi connectivity index (χ0) is 15.0. The second-order valence-electron chi connectivity index (χ2n) is 5.10. The summed E-state index contributed by atoms with van der Waals surface area (Å²) in [5.74, 6) is 0.950. The topological polar surface area (TPSA) is 72.9 Å². The van der Waals surface area contributed by atoms with E-state index in [0.717, 1.165) is 4.88 Å². The second-order valence-corrected chi connectivity index (χ2v) is 8.88. The highest BCUT2D eigenvalue weighted by atomic mass is 35.7. The Labute approximate surface area is 131 Å². The van der Waals surface area contributed by atoms with Crippen molar-refractivity contribution in [3.8, 4) is 11.5 Å². The van der Waals surface area contributed by atoms with Crippen molar-refractivity contribution in [1.29, 1.82) is 0 Å². The third kappa shape index (κ3) is 3.44. The van der Waals surface area contributed by atoms with Crippen molar-refractivity contribution < 1.29 is 22.7 Å². The van der Waals surface area contributed by atoms with Gasteiger partial charge in [0.15, 0.2) is 11.5 Å². The Bertz CT molecular complexity index is 657. The van der Waals surface area contributed by atoms with Crippen molar-refractivity contribution in [2.45, 2.75) is 13.0 Å². The van der Waals surface area contributed by atoms with Gasteiger partial charge in [-0.3, -0.25) is 4.79 Å². The molecular weight excluding hydrogens is 338 g/mol. The van der Waals surface area contributed by atoms with Crippen LogP contribution in [0.15, 0.2) is 5.38 Å². The van der Waals surface area contributed by atoms with E-state index >= 15 is 0 Å². The van der Waals surface area contributed by atoms with Crippen LogP contribution < -0.4 is 9.47 Å². The van der Waals surface area contributed by atoms with Gasteiger partial charge >= 0.3 is 0 Å². The molecule has 116 valence electrons. The number of hydrogen-bond donors (Lipinski definition) is 0. The summed E-state index contributed by atoms with van der Waals surface area (Å²) in [5, 5.41) is 1.87. The summed E-state index contributed by atoms with van der Waals surface area (Å²) in [4.78, 5) is 14.6. The van der Waals surface area contributed by atoms with Crippen LogP contribution in [0.4, 0.5) is 0 Å². The molecule has 1 unspecified atom stereocenters. The Hall–Kier alpha value is -0.990. The fourth-order valence-corrected chi connectivity index (χ4v) is 4.84. The highest BCUT2D eigenvalue weighted by molar-refractivity contribution is 8.13. The molecule has 1 aromatic heterocycles. The number of carbonyl (C=O) groups is 1. The van der Waals surface area contributed by atoms with E-state index in [-0.39, 0.29) is 24.0 Å². The first kappa shape index (κ1) is 14.9. The summed E-state index contributed by atoms with van der Waals surface area (Å²) in [6, 6.07) is 0. The summed E-state index contributed by atoms with van der Waals surface area (Å²) < 4.78 is 33.3. The van der Waals surface area contributed by atoms with Gasteiger partial charge in [0.2, 0.25) is 15.0 Å². The van der Waals surface area contributed by atoms with Crippen molar-refractivity contribution in [2.75, 3.05) is 25.5 Å². The van der Waals surface area contributed by atoms with Gasteiger partial charge in [-0.15, -0.1) is 11.3 Å². The predicted molar refractivity (Wildman–Crippen MR) is 78.5 cm³/mol. The molecule has 1 atom stereocenters. The zero-order valence-corrected chi connectivity index (χ0v) is 13.5. The molecule has 0 aromatic carbocycles. The molecule has 0 bridgehead atoms. The molecule has 3 rings (SSSR count). The molecule has 2 aliphatic heterocycles. The number of fused-ring (bicyclic) bond motifs is 1. The first-order chi connectivity index (χ1) is 9.92. The minimum absolute atomic E-state index is 0.0563. The monoisotopic (exact) mass is 351 g/mol. The molecule has 0 spiro atoms. The Kier molecular flexibility index (Phi) is 4.02. The Morgan fingerprint density at radius 2 is 2.14 bits per heavy atom. The van der Waals surface area contributed by atoms with Crippen LogP contribution in [0.5, 0.6) is 11.5 Å². The quantitative estimate of drug-likeness (QED) is 0.767. The minimum Gasteiger partial charge on any atom is -0.485 e. The minimum atomic E-state index is -3.58. The molecule has 0 saturated carbocycles. The van der Waals surface area contributed by atoms with Crippen molar-refractivity contribution in [1.82, 2.24) is 4.90 Å². The van der Waals surface area contributed by atoms with Crippen LogP contribution in [0.3, 0.4) is 0 Å². The Morgan fingerprint density at radius 3 is 2.90 bits per heavy atom. The van der Waals surface area contributed by atoms with E-state index in [1.807, 2.05) is 5.38 Å². The summed E-state index contributed by atoms with van der Waals surface area (Å²) in [6.45, 7) is 1.85. The molecular formula is C12H14ClNO5S2. The van der Waals surface area contributed by atoms with Gasteiger partial charge < -0.3 is 14.4 Å². The lowest BCUT2D eigenvalue weighted by Crippen LogP contribution is -2.25. The van der Waals surface area contributed by atoms with Crippen LogP contribution >= 0.6 is 22.0 Å². The Balaban J connectivity index is 1.68. The molecule has 1 saturated heterocycles. The molecule has 6 nitrogen and oxygen atoms in total. The molecule has 1 amide bonds. The van der Waals surface area contributed by atoms with Gasteiger partial charge in [0.05, 0.1) is 17.2 Å². The van der Waals surface area contributed by atoms with Gasteiger partial charge in [-0.05, 0) is 0 Å². The van der Waals surface area contributed by atoms with E-state index in [9.17, 15) is 13.2 Å². The smallest absolute Gasteiger partial charge is 0.232 e. The highest BCUT2D eigenvalue weighted by Crippen LogP contribution is 2.40. The van der Waals surface area contributed by atoms with Gasteiger partial charge in [-0.25, -0.2) is 8.42 Å². The average molecular weight is 352 g/mol. The van der Waals surface area contributed by atoms with Gasteiger partial charge in [0.1, 0.15) is 13.2 Å². The van der Waals surface area contributed by atoms with E-state index < -0.39 is 9.05 Å². The van der Waals surface area contributed by atoms with Gasteiger partial charge in [0, 0.05) is 34.9 Å². The van der Waals surface area contributed by atoms with E-state index in [1.54, 1.807) is 4.90 Å². The SMILES string of the molecule is O=C1CC(CS(=O)(=O)Cl)CN1Cc1scc2c1OCCO2. The molecule has 21 heavy (non-hydrogen) atoms. The second kappa shape index (κ2) is 5.66. The van der Waals surface area contributed by atoms with Crippen molar-refractivity contribution >= 4 is 37.0 Å². The largest absolute Gasteiger partial charge is 0.485 e. The third-order valence-corrected chi connectivity index (χ3v) is 5.61. The lowest BCUT2D eigenvalue weighted by molar-refractivity contribution is -0.128. The maximum absolute atomic E-state index is 12.0. The number of nitrogens with zero attached hydrogens (tertiary/aromatic N) is 1. The fraction of sp³-hybridized carbons (Fsp3) is 0.583. The fourth-order valence-electron chi connectivity index (χ4n) is 2.60. The van der Waals surface area contributed by atoms with Gasteiger partial charge in [0.25, 0.3) is 0 Å². The number of ether oxygens (including phenoxy) is 2. The van der Waals surface area contributed by atoms with E-state index in [0.29, 0.717) is 37.8 Å². The van der Waals surface area contributed by atoms with Crippen molar-refractivity contribution in [3.05, 3.63) is 10.3 Å². The van der Waals surface area contributed by atoms with Crippen LogP contribution in [0.1, 0.15) is 11.3 Å². The highest BCUT2D eigenvalue weighted by Gasteiger charge is 2.33. The number of thiophene rings is 1. The summed E-state index contributed by atoms with van der Waals surface area (Å²) >= 11 is 1.48. The zero-order valence-electron chi connectivity index (χ0n) is 11.1. The van der Waals surface area contributed by atoms with E-state index in [1.165, 1.54) is 11.3 Å². The maximum Gasteiger partial charge on any atom is 0.232 e. The first-order valence-corrected chi connectivity index (χ1v) is 9.84. The van der Waals surface area contributed by atoms with Crippen LogP contribution in [0, 0.1) is 5.92 Å². The van der Waals surface area contributed by atoms with Crippen LogP contribution in [0.2, 0.25) is 0 Å². The lowest BCUT2D eigenvalue weighted by atomic mass is 10.1. The maximum atomic E-state index is 12.0. The van der Waals surface area contributed by atoms with Crippen LogP contribution in [0.25, 0.3) is 0 Å². The standard InChI is InChI=1S/C12H14ClNO5S2/c13-21(16,17)7-8-3-11(15)14(4-8)5-10-12-9(6-20-10)18-1-2-19-12/h6,8H,1-5,7H2. The first-order valence-electron chi connectivity index (χ1n) is 6.48. The van der Waals surface area contributed by atoms with Gasteiger partial charge in [-0.1, -0.05) is 0 Å². The number of carbonyl (C=O) groups excluding carboxylic acids is 1. The number of hydrogen-bond acceptors (Lipinski definition) is 6. The summed E-state index contributed by atoms with van der Waals surface area (Å²) in [5.41, 5.74) is 0. The normalized spacial score (nSPS) is 21.9. The third-order valence-electron chi connectivity index (χ3n) is 3.44. The van der Waals surface area contributed by atoms with Crippen LogP contribution in [-0.4, -0.2) is 44.7 Å². The molecule has 1 fully saturated rings. The van der Waals surface area contributed by atoms with Crippen LogP contribution in [-0.2, 0) is 20.4 Å². The predicted octanol–water partition coefficient (Wildman–Crippen LogP) is 1.44. The molecule has 0 aliphatic carbocycles. The molecule has 9 heteroatoms. The van der Waals surface area contributed by atoms with Gasteiger partial charge in [-0.2, -0.15) is 0 Å². The summed E-state index contributed by atoms with van der Waals surface area (Å²) in [7, 11) is 1.67. The lowest BCUT2D eigenvalue weighted by Gasteiger charge is -2.19. The number of likely N-dealkylation sites (tertiary alicyclic amines) is 1. The van der Waals surface area contributed by atoms with E-state index in [2.05, 4.69) is 0 Å². The Morgan fingerprint density at radius 1 is 1.38 bits per heavy atom. The molecule has 1 aromatic rings. The number of halogens is 1. The van der Waals surface area contributed by atoms with E-state index in [4.69, 9.17) is 20.2 Å². The molecule has 0 radical (unpaired) electrons. The average Bonchev–Trinajstić information content (AvgIpc) is 2.93. The molecule has 3 heterocycles. The molecule has 2 aliphatic rings. The number of amides is 1.